The van der Waals surface area contributed by atoms with Gasteiger partial charge >= 0.3 is 0 Å². The van der Waals surface area contributed by atoms with Crippen LogP contribution in [0.25, 0.3) is 0 Å². The zero-order valence-corrected chi connectivity index (χ0v) is 12.9. The average molecular weight is 265 g/mol. The van der Waals surface area contributed by atoms with Crippen LogP contribution in [-0.2, 0) is 13.0 Å². The molecular weight excluding hydrogens is 238 g/mol. The van der Waals surface area contributed by atoms with Gasteiger partial charge in [0, 0.05) is 6.54 Å². The fourth-order valence-corrected chi connectivity index (χ4v) is 2.16. The molecule has 3 heteroatoms. The van der Waals surface area contributed by atoms with Gasteiger partial charge in [-0.15, -0.1) is 0 Å². The van der Waals surface area contributed by atoms with Crippen molar-refractivity contribution in [2.75, 3.05) is 20.8 Å². The van der Waals surface area contributed by atoms with Crippen LogP contribution in [0.4, 0.5) is 0 Å². The highest BCUT2D eigenvalue weighted by Gasteiger charge is 2.12. The standard InChI is InChI=1S/C16H27NO2/c1-6-7-17-11-14-10-16(19-5)15(18-4)9-13(14)8-12(2)3/h9-10,12,17H,6-8,11H2,1-5H3. The zero-order chi connectivity index (χ0) is 14.3. The molecule has 1 N–H and O–H groups in total. The summed E-state index contributed by atoms with van der Waals surface area (Å²) in [4.78, 5) is 0. The SMILES string of the molecule is CCCNCc1cc(OC)c(OC)cc1CC(C)C. The molecule has 19 heavy (non-hydrogen) atoms. The van der Waals surface area contributed by atoms with Gasteiger partial charge in [-0.05, 0) is 48.6 Å². The van der Waals surface area contributed by atoms with E-state index in [1.54, 1.807) is 14.2 Å². The minimum atomic E-state index is 0.628. The maximum Gasteiger partial charge on any atom is 0.161 e. The number of benzene rings is 1. The lowest BCUT2D eigenvalue weighted by molar-refractivity contribution is 0.353. The van der Waals surface area contributed by atoms with Gasteiger partial charge in [0.25, 0.3) is 0 Å². The van der Waals surface area contributed by atoms with Crippen LogP contribution in [-0.4, -0.2) is 20.8 Å². The van der Waals surface area contributed by atoms with Crippen molar-refractivity contribution >= 4 is 0 Å². The average Bonchev–Trinajstić information content (AvgIpc) is 2.39. The number of ether oxygens (including phenoxy) is 2. The van der Waals surface area contributed by atoms with Gasteiger partial charge in [0.2, 0.25) is 0 Å². The van der Waals surface area contributed by atoms with Crippen molar-refractivity contribution < 1.29 is 9.47 Å². The number of hydrogen-bond acceptors (Lipinski definition) is 3. The van der Waals surface area contributed by atoms with E-state index in [9.17, 15) is 0 Å². The normalized spacial score (nSPS) is 10.8. The lowest BCUT2D eigenvalue weighted by Gasteiger charge is -2.16. The molecule has 0 aromatic heterocycles. The second-order valence-corrected chi connectivity index (χ2v) is 5.25. The molecule has 0 aliphatic rings. The first-order chi connectivity index (χ1) is 9.12. The van der Waals surface area contributed by atoms with Crippen molar-refractivity contribution in [3.63, 3.8) is 0 Å². The summed E-state index contributed by atoms with van der Waals surface area (Å²) in [6, 6.07) is 4.21. The quantitative estimate of drug-likeness (QED) is 0.731. The summed E-state index contributed by atoms with van der Waals surface area (Å²) in [6.45, 7) is 8.57. The summed E-state index contributed by atoms with van der Waals surface area (Å²) in [6.07, 6.45) is 2.20. The monoisotopic (exact) mass is 265 g/mol. The molecule has 0 fully saturated rings. The summed E-state index contributed by atoms with van der Waals surface area (Å²) in [5.74, 6) is 2.25. The van der Waals surface area contributed by atoms with Gasteiger partial charge in [-0.2, -0.15) is 0 Å². The second-order valence-electron chi connectivity index (χ2n) is 5.25. The van der Waals surface area contributed by atoms with Crippen LogP contribution in [0.15, 0.2) is 12.1 Å². The molecule has 0 bridgehead atoms. The van der Waals surface area contributed by atoms with E-state index >= 15 is 0 Å². The van der Waals surface area contributed by atoms with Crippen molar-refractivity contribution in [2.45, 2.75) is 40.2 Å². The van der Waals surface area contributed by atoms with Crippen LogP contribution < -0.4 is 14.8 Å². The molecule has 0 amide bonds. The molecule has 1 rings (SSSR count). The van der Waals surface area contributed by atoms with E-state index in [1.165, 1.54) is 11.1 Å². The van der Waals surface area contributed by atoms with Gasteiger partial charge in [0.05, 0.1) is 14.2 Å². The topological polar surface area (TPSA) is 30.5 Å². The summed E-state index contributed by atoms with van der Waals surface area (Å²) < 4.78 is 10.8. The molecule has 108 valence electrons. The second kappa shape index (κ2) is 8.05. The molecule has 0 aliphatic heterocycles. The molecule has 1 aromatic rings. The van der Waals surface area contributed by atoms with Crippen molar-refractivity contribution in [3.8, 4) is 11.5 Å². The van der Waals surface area contributed by atoms with E-state index in [0.717, 1.165) is 37.4 Å². The summed E-state index contributed by atoms with van der Waals surface area (Å²) >= 11 is 0. The van der Waals surface area contributed by atoms with Gasteiger partial charge in [0.15, 0.2) is 11.5 Å². The van der Waals surface area contributed by atoms with E-state index in [0.29, 0.717) is 5.92 Å². The molecule has 1 aromatic carbocycles. The summed E-state index contributed by atoms with van der Waals surface area (Å²) in [5, 5.41) is 3.46. The first-order valence-corrected chi connectivity index (χ1v) is 7.06. The minimum absolute atomic E-state index is 0.628. The molecule has 0 atom stereocenters. The Morgan fingerprint density at radius 3 is 2.11 bits per heavy atom. The Morgan fingerprint density at radius 2 is 1.63 bits per heavy atom. The maximum absolute atomic E-state index is 5.39. The van der Waals surface area contributed by atoms with Crippen molar-refractivity contribution in [1.82, 2.24) is 5.32 Å². The molecule has 0 spiro atoms. The summed E-state index contributed by atoms with van der Waals surface area (Å²) in [5.41, 5.74) is 2.65. The van der Waals surface area contributed by atoms with Crippen molar-refractivity contribution in [2.24, 2.45) is 5.92 Å². The largest absolute Gasteiger partial charge is 0.493 e. The minimum Gasteiger partial charge on any atom is -0.493 e. The Labute approximate surface area is 117 Å². The third kappa shape index (κ3) is 4.75. The van der Waals surface area contributed by atoms with Gasteiger partial charge < -0.3 is 14.8 Å². The Bertz CT molecular complexity index is 389. The molecule has 0 radical (unpaired) electrons. The number of rotatable bonds is 8. The van der Waals surface area contributed by atoms with Gasteiger partial charge in [-0.25, -0.2) is 0 Å². The van der Waals surface area contributed by atoms with Gasteiger partial charge in [0.1, 0.15) is 0 Å². The highest BCUT2D eigenvalue weighted by atomic mass is 16.5. The predicted molar refractivity (Wildman–Crippen MR) is 80.1 cm³/mol. The molecule has 0 unspecified atom stereocenters. The summed E-state index contributed by atoms with van der Waals surface area (Å²) in [7, 11) is 3.37. The van der Waals surface area contributed by atoms with Crippen molar-refractivity contribution in [1.29, 1.82) is 0 Å². The van der Waals surface area contributed by atoms with Crippen LogP contribution in [0, 0.1) is 5.92 Å². The Morgan fingerprint density at radius 1 is 1.05 bits per heavy atom. The van der Waals surface area contributed by atoms with Crippen LogP contribution in [0.5, 0.6) is 11.5 Å². The number of methoxy groups -OCH3 is 2. The van der Waals surface area contributed by atoms with E-state index in [2.05, 4.69) is 38.2 Å². The molecule has 3 nitrogen and oxygen atoms in total. The molecular formula is C16H27NO2. The fourth-order valence-electron chi connectivity index (χ4n) is 2.16. The smallest absolute Gasteiger partial charge is 0.161 e. The lowest BCUT2D eigenvalue weighted by atomic mass is 9.97. The highest BCUT2D eigenvalue weighted by Crippen LogP contribution is 2.31. The Hall–Kier alpha value is -1.22. The molecule has 0 aliphatic carbocycles. The molecule has 0 saturated heterocycles. The maximum atomic E-state index is 5.39. The fraction of sp³-hybridized carbons (Fsp3) is 0.625. The van der Waals surface area contributed by atoms with E-state index in [4.69, 9.17) is 9.47 Å². The first kappa shape index (κ1) is 15.8. The van der Waals surface area contributed by atoms with Crippen LogP contribution >= 0.6 is 0 Å². The van der Waals surface area contributed by atoms with Gasteiger partial charge in [-0.3, -0.25) is 0 Å². The van der Waals surface area contributed by atoms with E-state index in [-0.39, 0.29) is 0 Å². The van der Waals surface area contributed by atoms with Crippen LogP contribution in [0.1, 0.15) is 38.3 Å². The molecule has 0 saturated carbocycles. The molecule has 0 heterocycles. The zero-order valence-electron chi connectivity index (χ0n) is 12.9. The number of nitrogens with one attached hydrogen (secondary N) is 1. The van der Waals surface area contributed by atoms with Crippen LogP contribution in [0.2, 0.25) is 0 Å². The lowest BCUT2D eigenvalue weighted by Crippen LogP contribution is -2.16. The van der Waals surface area contributed by atoms with Crippen LogP contribution in [0.3, 0.4) is 0 Å². The highest BCUT2D eigenvalue weighted by molar-refractivity contribution is 5.47. The first-order valence-electron chi connectivity index (χ1n) is 7.06. The predicted octanol–water partition coefficient (Wildman–Crippen LogP) is 3.40. The third-order valence-corrected chi connectivity index (χ3v) is 3.08. The third-order valence-electron chi connectivity index (χ3n) is 3.08. The van der Waals surface area contributed by atoms with E-state index < -0.39 is 0 Å². The Kier molecular flexibility index (Phi) is 6.71. The van der Waals surface area contributed by atoms with Crippen molar-refractivity contribution in [3.05, 3.63) is 23.3 Å². The van der Waals surface area contributed by atoms with E-state index in [1.807, 2.05) is 0 Å². The number of hydrogen-bond donors (Lipinski definition) is 1. The van der Waals surface area contributed by atoms with Gasteiger partial charge in [-0.1, -0.05) is 20.8 Å². The Balaban J connectivity index is 3.01.